The number of carbonyl (C=O) groups excluding carboxylic acids is 1. The van der Waals surface area contributed by atoms with Crippen molar-refractivity contribution in [2.24, 2.45) is 11.7 Å². The fraction of sp³-hybridized carbons (Fsp3) is 0.929. The Labute approximate surface area is 110 Å². The number of hydrogen-bond donors (Lipinski definition) is 1. The van der Waals surface area contributed by atoms with Crippen LogP contribution in [0.4, 0.5) is 0 Å². The maximum atomic E-state index is 10.9. The Morgan fingerprint density at radius 3 is 2.50 bits per heavy atom. The molecule has 0 radical (unpaired) electrons. The molecule has 2 aliphatic rings. The number of nitrogens with two attached hydrogens (primary N) is 1. The second kappa shape index (κ2) is 6.53. The zero-order chi connectivity index (χ0) is 13.0. The average Bonchev–Trinajstić information content (AvgIpc) is 2.73. The maximum Gasteiger partial charge on any atom is 0.217 e. The van der Waals surface area contributed by atoms with Crippen LogP contribution >= 0.6 is 0 Å². The van der Waals surface area contributed by atoms with Gasteiger partial charge in [0.2, 0.25) is 5.91 Å². The van der Waals surface area contributed by atoms with Gasteiger partial charge < -0.3 is 15.5 Å². The summed E-state index contributed by atoms with van der Waals surface area (Å²) < 4.78 is 0. The fourth-order valence-electron chi connectivity index (χ4n) is 3.37. The molecule has 1 amide bonds. The Morgan fingerprint density at radius 2 is 1.94 bits per heavy atom. The third kappa shape index (κ3) is 3.95. The van der Waals surface area contributed by atoms with E-state index in [1.54, 1.807) is 0 Å². The first-order valence-electron chi connectivity index (χ1n) is 7.36. The van der Waals surface area contributed by atoms with Crippen molar-refractivity contribution in [1.82, 2.24) is 9.80 Å². The lowest BCUT2D eigenvalue weighted by molar-refractivity contribution is -0.119. The number of nitrogens with zero attached hydrogens (tertiary/aromatic N) is 2. The molecule has 0 aromatic carbocycles. The zero-order valence-corrected chi connectivity index (χ0v) is 11.6. The highest BCUT2D eigenvalue weighted by atomic mass is 16.1. The predicted octanol–water partition coefficient (Wildman–Crippen LogP) is 1.06. The molecule has 2 aliphatic heterocycles. The standard InChI is InChI=1S/C14H27N3O/c1-16-7-2-3-13(16)6-10-17-8-4-12(5-9-17)11-14(15)18/h12-13H,2-11H2,1H3,(H2,15,18). The second-order valence-corrected chi connectivity index (χ2v) is 6.02. The van der Waals surface area contributed by atoms with Crippen molar-refractivity contribution in [2.45, 2.75) is 44.6 Å². The van der Waals surface area contributed by atoms with Crippen LogP contribution in [0, 0.1) is 5.92 Å². The van der Waals surface area contributed by atoms with E-state index in [9.17, 15) is 4.79 Å². The summed E-state index contributed by atoms with van der Waals surface area (Å²) in [5.74, 6) is 0.397. The van der Waals surface area contributed by atoms with Gasteiger partial charge in [0.15, 0.2) is 0 Å². The summed E-state index contributed by atoms with van der Waals surface area (Å²) >= 11 is 0. The molecule has 0 bridgehead atoms. The minimum Gasteiger partial charge on any atom is -0.370 e. The molecule has 0 saturated carbocycles. The number of carbonyl (C=O) groups is 1. The van der Waals surface area contributed by atoms with Crippen molar-refractivity contribution in [2.75, 3.05) is 33.2 Å². The first-order valence-corrected chi connectivity index (χ1v) is 7.36. The molecule has 2 N–H and O–H groups in total. The highest BCUT2D eigenvalue weighted by molar-refractivity contribution is 5.73. The quantitative estimate of drug-likeness (QED) is 0.797. The summed E-state index contributed by atoms with van der Waals surface area (Å²) in [6, 6.07) is 0.799. The van der Waals surface area contributed by atoms with E-state index >= 15 is 0 Å². The lowest BCUT2D eigenvalue weighted by atomic mass is 9.93. The number of primary amides is 1. The molecular weight excluding hydrogens is 226 g/mol. The summed E-state index contributed by atoms with van der Waals surface area (Å²) in [6.07, 6.45) is 6.90. The van der Waals surface area contributed by atoms with Crippen molar-refractivity contribution in [3.05, 3.63) is 0 Å². The van der Waals surface area contributed by atoms with Crippen molar-refractivity contribution >= 4 is 5.91 Å². The van der Waals surface area contributed by atoms with E-state index in [2.05, 4.69) is 16.8 Å². The van der Waals surface area contributed by atoms with Gasteiger partial charge in [-0.3, -0.25) is 4.79 Å². The Balaban J connectivity index is 1.63. The molecule has 4 nitrogen and oxygen atoms in total. The van der Waals surface area contributed by atoms with Crippen molar-refractivity contribution in [3.8, 4) is 0 Å². The number of piperidine rings is 1. The molecule has 2 fully saturated rings. The largest absolute Gasteiger partial charge is 0.370 e. The van der Waals surface area contributed by atoms with E-state index in [0.29, 0.717) is 12.3 Å². The SMILES string of the molecule is CN1CCCC1CCN1CCC(CC(N)=O)CC1. The van der Waals surface area contributed by atoms with Gasteiger partial charge in [0.1, 0.15) is 0 Å². The number of amides is 1. The van der Waals surface area contributed by atoms with Crippen molar-refractivity contribution < 1.29 is 4.79 Å². The second-order valence-electron chi connectivity index (χ2n) is 6.02. The van der Waals surface area contributed by atoms with E-state index < -0.39 is 0 Å². The number of likely N-dealkylation sites (tertiary alicyclic amines) is 2. The van der Waals surface area contributed by atoms with Crippen LogP contribution in [0.15, 0.2) is 0 Å². The Kier molecular flexibility index (Phi) is 5.01. The zero-order valence-electron chi connectivity index (χ0n) is 11.6. The Morgan fingerprint density at radius 1 is 1.22 bits per heavy atom. The minimum atomic E-state index is -0.138. The topological polar surface area (TPSA) is 49.6 Å². The van der Waals surface area contributed by atoms with E-state index in [-0.39, 0.29) is 5.91 Å². The number of hydrogen-bond acceptors (Lipinski definition) is 3. The first kappa shape index (κ1) is 13.8. The maximum absolute atomic E-state index is 10.9. The molecule has 2 heterocycles. The van der Waals surface area contributed by atoms with Gasteiger partial charge in [-0.15, -0.1) is 0 Å². The summed E-state index contributed by atoms with van der Waals surface area (Å²) in [5.41, 5.74) is 5.26. The van der Waals surface area contributed by atoms with Gasteiger partial charge in [-0.05, 0) is 71.2 Å². The lowest BCUT2D eigenvalue weighted by Crippen LogP contribution is -2.38. The van der Waals surface area contributed by atoms with E-state index in [4.69, 9.17) is 5.73 Å². The minimum absolute atomic E-state index is 0.138. The van der Waals surface area contributed by atoms with E-state index in [1.807, 2.05) is 0 Å². The molecule has 2 rings (SSSR count). The molecule has 0 aliphatic carbocycles. The van der Waals surface area contributed by atoms with Gasteiger partial charge in [-0.2, -0.15) is 0 Å². The van der Waals surface area contributed by atoms with Gasteiger partial charge >= 0.3 is 0 Å². The highest BCUT2D eigenvalue weighted by Gasteiger charge is 2.24. The van der Waals surface area contributed by atoms with E-state index in [1.165, 1.54) is 32.4 Å². The van der Waals surface area contributed by atoms with Gasteiger partial charge in [0.05, 0.1) is 0 Å². The summed E-state index contributed by atoms with van der Waals surface area (Å²) in [4.78, 5) is 15.9. The smallest absolute Gasteiger partial charge is 0.217 e. The van der Waals surface area contributed by atoms with Crippen LogP contribution < -0.4 is 5.73 Å². The Hall–Kier alpha value is -0.610. The highest BCUT2D eigenvalue weighted by Crippen LogP contribution is 2.22. The van der Waals surface area contributed by atoms with Gasteiger partial charge in [-0.25, -0.2) is 0 Å². The third-order valence-corrected chi connectivity index (χ3v) is 4.65. The number of rotatable bonds is 5. The van der Waals surface area contributed by atoms with Crippen LogP contribution in [0.2, 0.25) is 0 Å². The predicted molar refractivity (Wildman–Crippen MR) is 73.2 cm³/mol. The average molecular weight is 253 g/mol. The van der Waals surface area contributed by atoms with E-state index in [0.717, 1.165) is 32.0 Å². The molecule has 0 aromatic rings. The van der Waals surface area contributed by atoms with Crippen LogP contribution in [0.1, 0.15) is 38.5 Å². The van der Waals surface area contributed by atoms with Crippen LogP contribution in [0.5, 0.6) is 0 Å². The monoisotopic (exact) mass is 253 g/mol. The van der Waals surface area contributed by atoms with Crippen molar-refractivity contribution in [3.63, 3.8) is 0 Å². The molecule has 2 saturated heterocycles. The molecule has 0 spiro atoms. The summed E-state index contributed by atoms with van der Waals surface area (Å²) in [6.45, 7) is 4.78. The van der Waals surface area contributed by atoms with Crippen molar-refractivity contribution in [1.29, 1.82) is 0 Å². The normalized spacial score (nSPS) is 27.7. The third-order valence-electron chi connectivity index (χ3n) is 4.65. The summed E-state index contributed by atoms with van der Waals surface area (Å²) in [7, 11) is 2.25. The molecule has 104 valence electrons. The first-order chi connectivity index (χ1) is 8.65. The Bertz CT molecular complexity index is 274. The molecular formula is C14H27N3O. The van der Waals surface area contributed by atoms with Gasteiger partial charge in [0, 0.05) is 12.5 Å². The lowest BCUT2D eigenvalue weighted by Gasteiger charge is -2.32. The molecule has 0 aromatic heterocycles. The molecule has 1 atom stereocenters. The molecule has 4 heteroatoms. The van der Waals surface area contributed by atoms with Crippen LogP contribution in [-0.2, 0) is 4.79 Å². The van der Waals surface area contributed by atoms with Gasteiger partial charge in [-0.1, -0.05) is 0 Å². The fourth-order valence-corrected chi connectivity index (χ4v) is 3.37. The summed E-state index contributed by atoms with van der Waals surface area (Å²) in [5, 5.41) is 0. The molecule has 1 unspecified atom stereocenters. The molecule has 18 heavy (non-hydrogen) atoms. The van der Waals surface area contributed by atoms with Crippen LogP contribution in [0.3, 0.4) is 0 Å². The van der Waals surface area contributed by atoms with Crippen LogP contribution in [-0.4, -0.2) is 55.0 Å². The van der Waals surface area contributed by atoms with Gasteiger partial charge in [0.25, 0.3) is 0 Å². The van der Waals surface area contributed by atoms with Crippen LogP contribution in [0.25, 0.3) is 0 Å².